The molecular weight excluding hydrogens is 278 g/mol. The molecule has 0 atom stereocenters. The van der Waals surface area contributed by atoms with Gasteiger partial charge in [0.15, 0.2) is 0 Å². The average Bonchev–Trinajstić information content (AvgIpc) is 2.56. The summed E-state index contributed by atoms with van der Waals surface area (Å²) < 4.78 is 10.8. The van der Waals surface area contributed by atoms with Crippen molar-refractivity contribution in [2.75, 3.05) is 33.4 Å². The Bertz CT molecular complexity index is 539. The van der Waals surface area contributed by atoms with Gasteiger partial charge in [-0.2, -0.15) is 0 Å². The molecule has 120 valence electrons. The summed E-state index contributed by atoms with van der Waals surface area (Å²) in [4.78, 5) is 14.8. The fraction of sp³-hybridized carbons (Fsp3) is 0.611. The highest BCUT2D eigenvalue weighted by atomic mass is 16.5. The van der Waals surface area contributed by atoms with Crippen LogP contribution >= 0.6 is 0 Å². The molecule has 0 aliphatic carbocycles. The van der Waals surface area contributed by atoms with Crippen molar-refractivity contribution in [3.05, 3.63) is 29.3 Å². The van der Waals surface area contributed by atoms with Crippen LogP contribution in [0.3, 0.4) is 0 Å². The predicted molar refractivity (Wildman–Crippen MR) is 85.4 cm³/mol. The highest BCUT2D eigenvalue weighted by Crippen LogP contribution is 2.41. The smallest absolute Gasteiger partial charge is 0.254 e. The van der Waals surface area contributed by atoms with Crippen molar-refractivity contribution in [2.24, 2.45) is 5.41 Å². The summed E-state index contributed by atoms with van der Waals surface area (Å²) in [5.74, 6) is 0.919. The zero-order valence-electron chi connectivity index (χ0n) is 13.6. The molecule has 22 heavy (non-hydrogen) atoms. The molecule has 2 heterocycles. The van der Waals surface area contributed by atoms with E-state index in [4.69, 9.17) is 9.47 Å². The molecule has 4 nitrogen and oxygen atoms in total. The Morgan fingerprint density at radius 1 is 1.18 bits per heavy atom. The lowest BCUT2D eigenvalue weighted by Gasteiger charge is -2.44. The van der Waals surface area contributed by atoms with Crippen LogP contribution in [0, 0.1) is 12.3 Å². The number of piperidine rings is 1. The van der Waals surface area contributed by atoms with E-state index in [9.17, 15) is 4.79 Å². The third-order valence-electron chi connectivity index (χ3n) is 5.40. The second-order valence-electron chi connectivity index (χ2n) is 6.54. The fourth-order valence-electron chi connectivity index (χ4n) is 3.73. The number of nitrogens with zero attached hydrogens (tertiary/aromatic N) is 1. The molecule has 0 radical (unpaired) electrons. The molecule has 1 aromatic rings. The van der Waals surface area contributed by atoms with Gasteiger partial charge in [0.05, 0.1) is 7.11 Å². The fourth-order valence-corrected chi connectivity index (χ4v) is 3.73. The number of carbonyl (C=O) groups excluding carboxylic acids is 1. The summed E-state index contributed by atoms with van der Waals surface area (Å²) in [7, 11) is 1.65. The Balaban J connectivity index is 1.70. The zero-order valence-corrected chi connectivity index (χ0v) is 13.6. The standard InChI is InChI=1S/C18H25NO3/c1-14-15(4-3-5-16(14)21-2)17(20)19-10-6-18(7-11-19)8-12-22-13-9-18/h3-5H,6-13H2,1-2H3. The first-order valence-electron chi connectivity index (χ1n) is 8.16. The van der Waals surface area contributed by atoms with Crippen molar-refractivity contribution >= 4 is 5.91 Å². The van der Waals surface area contributed by atoms with Crippen molar-refractivity contribution in [2.45, 2.75) is 32.6 Å². The largest absolute Gasteiger partial charge is 0.496 e. The van der Waals surface area contributed by atoms with Crippen LogP contribution in [0.15, 0.2) is 18.2 Å². The first-order valence-corrected chi connectivity index (χ1v) is 8.16. The van der Waals surface area contributed by atoms with Gasteiger partial charge >= 0.3 is 0 Å². The summed E-state index contributed by atoms with van der Waals surface area (Å²) in [6.45, 7) is 5.42. The van der Waals surface area contributed by atoms with Gasteiger partial charge in [-0.3, -0.25) is 4.79 Å². The van der Waals surface area contributed by atoms with Gasteiger partial charge in [0.2, 0.25) is 0 Å². The van der Waals surface area contributed by atoms with Gasteiger partial charge in [0, 0.05) is 37.4 Å². The Kier molecular flexibility index (Phi) is 4.39. The van der Waals surface area contributed by atoms with Gasteiger partial charge in [-0.15, -0.1) is 0 Å². The maximum atomic E-state index is 12.8. The lowest BCUT2D eigenvalue weighted by Crippen LogP contribution is -2.45. The predicted octanol–water partition coefficient (Wildman–Crippen LogP) is 3.04. The van der Waals surface area contributed by atoms with Crippen molar-refractivity contribution in [1.82, 2.24) is 4.90 Å². The third kappa shape index (κ3) is 2.84. The molecule has 0 unspecified atom stereocenters. The van der Waals surface area contributed by atoms with Crippen LogP contribution in [0.2, 0.25) is 0 Å². The van der Waals surface area contributed by atoms with Gasteiger partial charge in [-0.25, -0.2) is 0 Å². The Morgan fingerprint density at radius 2 is 1.86 bits per heavy atom. The number of carbonyl (C=O) groups is 1. The van der Waals surface area contributed by atoms with Crippen LogP contribution in [-0.4, -0.2) is 44.2 Å². The molecular formula is C18H25NO3. The number of likely N-dealkylation sites (tertiary alicyclic amines) is 1. The van der Waals surface area contributed by atoms with E-state index in [0.29, 0.717) is 5.41 Å². The van der Waals surface area contributed by atoms with E-state index in [2.05, 4.69) is 0 Å². The molecule has 4 heteroatoms. The lowest BCUT2D eigenvalue weighted by molar-refractivity contribution is -0.0175. The van der Waals surface area contributed by atoms with Crippen molar-refractivity contribution in [1.29, 1.82) is 0 Å². The maximum Gasteiger partial charge on any atom is 0.254 e. The number of hydrogen-bond donors (Lipinski definition) is 0. The summed E-state index contributed by atoms with van der Waals surface area (Å²) in [6.07, 6.45) is 4.50. The normalized spacial score (nSPS) is 20.9. The van der Waals surface area contributed by atoms with Crippen LogP contribution in [0.4, 0.5) is 0 Å². The van der Waals surface area contributed by atoms with E-state index in [-0.39, 0.29) is 5.91 Å². The van der Waals surface area contributed by atoms with E-state index in [1.54, 1.807) is 7.11 Å². The third-order valence-corrected chi connectivity index (χ3v) is 5.40. The molecule has 1 aromatic carbocycles. The van der Waals surface area contributed by atoms with Crippen LogP contribution in [-0.2, 0) is 4.74 Å². The molecule has 2 aliphatic rings. The quantitative estimate of drug-likeness (QED) is 0.843. The molecule has 2 aliphatic heterocycles. The molecule has 0 saturated carbocycles. The summed E-state index contributed by atoms with van der Waals surface area (Å²) in [6, 6.07) is 5.70. The van der Waals surface area contributed by atoms with E-state index in [1.165, 1.54) is 0 Å². The zero-order chi connectivity index (χ0) is 15.6. The SMILES string of the molecule is COc1cccc(C(=O)N2CCC3(CCOCC3)CC2)c1C. The number of methoxy groups -OCH3 is 1. The van der Waals surface area contributed by atoms with Crippen LogP contribution in [0.1, 0.15) is 41.6 Å². The molecule has 0 aromatic heterocycles. The van der Waals surface area contributed by atoms with Gasteiger partial charge in [-0.1, -0.05) is 6.07 Å². The molecule has 2 fully saturated rings. The Hall–Kier alpha value is -1.55. The Morgan fingerprint density at radius 3 is 2.50 bits per heavy atom. The van der Waals surface area contributed by atoms with Crippen LogP contribution < -0.4 is 4.74 Å². The minimum atomic E-state index is 0.137. The van der Waals surface area contributed by atoms with Crippen molar-refractivity contribution in [3.8, 4) is 5.75 Å². The van der Waals surface area contributed by atoms with Gasteiger partial charge in [-0.05, 0) is 50.2 Å². The summed E-state index contributed by atoms with van der Waals surface area (Å²) in [5.41, 5.74) is 2.11. The minimum absolute atomic E-state index is 0.137. The number of amides is 1. The molecule has 2 saturated heterocycles. The lowest BCUT2D eigenvalue weighted by atomic mass is 9.72. The summed E-state index contributed by atoms with van der Waals surface area (Å²) in [5, 5.41) is 0. The maximum absolute atomic E-state index is 12.8. The Labute approximate surface area is 132 Å². The van der Waals surface area contributed by atoms with E-state index in [1.807, 2.05) is 30.0 Å². The number of hydrogen-bond acceptors (Lipinski definition) is 3. The molecule has 0 N–H and O–H groups in total. The van der Waals surface area contributed by atoms with Gasteiger partial charge < -0.3 is 14.4 Å². The first kappa shape index (κ1) is 15.3. The topological polar surface area (TPSA) is 38.8 Å². The van der Waals surface area contributed by atoms with E-state index in [0.717, 1.165) is 68.9 Å². The van der Waals surface area contributed by atoms with E-state index < -0.39 is 0 Å². The molecule has 1 amide bonds. The van der Waals surface area contributed by atoms with Crippen LogP contribution in [0.25, 0.3) is 0 Å². The summed E-state index contributed by atoms with van der Waals surface area (Å²) >= 11 is 0. The number of benzene rings is 1. The highest BCUT2D eigenvalue weighted by Gasteiger charge is 2.37. The highest BCUT2D eigenvalue weighted by molar-refractivity contribution is 5.96. The van der Waals surface area contributed by atoms with Gasteiger partial charge in [0.1, 0.15) is 5.75 Å². The number of ether oxygens (including phenoxy) is 2. The second kappa shape index (κ2) is 6.29. The average molecular weight is 303 g/mol. The second-order valence-corrected chi connectivity index (χ2v) is 6.54. The van der Waals surface area contributed by atoms with Gasteiger partial charge in [0.25, 0.3) is 5.91 Å². The van der Waals surface area contributed by atoms with E-state index >= 15 is 0 Å². The van der Waals surface area contributed by atoms with Crippen molar-refractivity contribution < 1.29 is 14.3 Å². The number of rotatable bonds is 2. The first-order chi connectivity index (χ1) is 10.7. The molecule has 0 bridgehead atoms. The molecule has 1 spiro atoms. The molecule has 3 rings (SSSR count). The minimum Gasteiger partial charge on any atom is -0.496 e. The monoisotopic (exact) mass is 303 g/mol. The van der Waals surface area contributed by atoms with Crippen molar-refractivity contribution in [3.63, 3.8) is 0 Å². The van der Waals surface area contributed by atoms with Crippen LogP contribution in [0.5, 0.6) is 5.75 Å².